The van der Waals surface area contributed by atoms with E-state index in [4.69, 9.17) is 11.5 Å². The number of nitrogens with one attached hydrogen (secondary N) is 2. The van der Waals surface area contributed by atoms with E-state index in [1.807, 2.05) is 86.6 Å². The van der Waals surface area contributed by atoms with E-state index in [1.54, 1.807) is 36.4 Å². The van der Waals surface area contributed by atoms with Gasteiger partial charge in [0.15, 0.2) is 0 Å². The predicted octanol–water partition coefficient (Wildman–Crippen LogP) is 6.61. The van der Waals surface area contributed by atoms with Gasteiger partial charge in [-0.05, 0) is 86.3 Å². The zero-order chi connectivity index (χ0) is 31.6. The van der Waals surface area contributed by atoms with Crippen LogP contribution in [0.3, 0.4) is 0 Å². The van der Waals surface area contributed by atoms with Crippen LogP contribution < -0.4 is 22.1 Å². The second-order valence-corrected chi connectivity index (χ2v) is 11.5. The number of nitrogen functional groups attached to an aromatic ring is 2. The van der Waals surface area contributed by atoms with E-state index >= 15 is 0 Å². The lowest BCUT2D eigenvalue weighted by atomic mass is 9.74. The van der Waals surface area contributed by atoms with Gasteiger partial charge in [0.1, 0.15) is 5.41 Å². The van der Waals surface area contributed by atoms with Gasteiger partial charge in [0.2, 0.25) is 11.8 Å². The molecule has 0 unspecified atom stereocenters. The maximum Gasteiger partial charge on any atom is 0.240 e. The van der Waals surface area contributed by atoms with Gasteiger partial charge in [0, 0.05) is 44.9 Å². The molecule has 6 N–H and O–H groups in total. The molecule has 8 heteroatoms. The number of nitrogens with zero attached hydrogens (tertiary/aromatic N) is 2. The van der Waals surface area contributed by atoms with Crippen LogP contribution in [-0.2, 0) is 22.4 Å². The third-order valence-corrected chi connectivity index (χ3v) is 8.02. The summed E-state index contributed by atoms with van der Waals surface area (Å²) >= 11 is 0. The van der Waals surface area contributed by atoms with Crippen molar-refractivity contribution in [1.82, 2.24) is 9.97 Å². The van der Waals surface area contributed by atoms with Gasteiger partial charge in [-0.1, -0.05) is 60.7 Å². The number of carbonyl (C=O) groups is 2. The molecule has 0 saturated carbocycles. The Kier molecular flexibility index (Phi) is 7.87. The topological polar surface area (TPSA) is 136 Å². The Morgan fingerprint density at radius 2 is 1.00 bits per heavy atom. The molecule has 0 fully saturated rings. The standard InChI is InChI=1S/C37H34N6O2/c1-23-17-31(38)29-19-27(13-15-33(29)40-23)42-35(44)37(21-25-9-5-3-6-10-25,22-26-11-7-4-8-12-26)36(45)43-28-14-16-34-30(20-28)32(39)18-24(2)41-34/h3-20H,21-22H2,1-2H3,(H2,38,40)(H2,39,41)(H,42,44)(H,43,45). The van der Waals surface area contributed by atoms with Gasteiger partial charge in [-0.2, -0.15) is 0 Å². The fourth-order valence-electron chi connectivity index (χ4n) is 5.81. The number of pyridine rings is 2. The molecule has 4 aromatic carbocycles. The van der Waals surface area contributed by atoms with Crippen molar-refractivity contribution in [3.8, 4) is 0 Å². The third-order valence-electron chi connectivity index (χ3n) is 8.02. The first-order valence-corrected chi connectivity index (χ1v) is 14.7. The SMILES string of the molecule is Cc1cc(N)c2cc(NC(=O)C(Cc3ccccc3)(Cc3ccccc3)C(=O)Nc3ccc4nc(C)cc(N)c4c3)ccc2n1. The summed E-state index contributed by atoms with van der Waals surface area (Å²) in [5.41, 5.74) is 18.0. The summed E-state index contributed by atoms with van der Waals surface area (Å²) in [6.45, 7) is 3.76. The molecule has 0 atom stereocenters. The van der Waals surface area contributed by atoms with Crippen LogP contribution in [0.4, 0.5) is 22.7 Å². The Morgan fingerprint density at radius 3 is 1.40 bits per heavy atom. The molecular weight excluding hydrogens is 560 g/mol. The smallest absolute Gasteiger partial charge is 0.240 e. The van der Waals surface area contributed by atoms with Crippen LogP contribution in [-0.4, -0.2) is 21.8 Å². The maximum atomic E-state index is 14.6. The number of carbonyl (C=O) groups excluding carboxylic acids is 2. The lowest BCUT2D eigenvalue weighted by molar-refractivity contribution is -0.137. The quantitative estimate of drug-likeness (QED) is 0.146. The molecule has 0 aliphatic carbocycles. The van der Waals surface area contributed by atoms with Gasteiger partial charge in [0.25, 0.3) is 0 Å². The largest absolute Gasteiger partial charge is 0.398 e. The van der Waals surface area contributed by atoms with Crippen molar-refractivity contribution in [3.63, 3.8) is 0 Å². The molecule has 0 bridgehead atoms. The first-order chi connectivity index (χ1) is 21.7. The Labute approximate surface area is 261 Å². The van der Waals surface area contributed by atoms with Crippen LogP contribution in [0.1, 0.15) is 22.5 Å². The van der Waals surface area contributed by atoms with Crippen molar-refractivity contribution in [3.05, 3.63) is 132 Å². The van der Waals surface area contributed by atoms with Crippen LogP contribution in [0.25, 0.3) is 21.8 Å². The maximum absolute atomic E-state index is 14.6. The molecule has 6 rings (SSSR count). The molecule has 0 aliphatic rings. The highest BCUT2D eigenvalue weighted by Crippen LogP contribution is 2.34. The molecule has 45 heavy (non-hydrogen) atoms. The second kappa shape index (κ2) is 12.1. The van der Waals surface area contributed by atoms with E-state index in [0.29, 0.717) is 22.7 Å². The number of aromatic nitrogens is 2. The van der Waals surface area contributed by atoms with Crippen LogP contribution in [0.2, 0.25) is 0 Å². The zero-order valence-corrected chi connectivity index (χ0v) is 25.2. The lowest BCUT2D eigenvalue weighted by Gasteiger charge is -2.32. The van der Waals surface area contributed by atoms with E-state index < -0.39 is 17.2 Å². The first-order valence-electron chi connectivity index (χ1n) is 14.7. The number of aryl methyl sites for hydroxylation is 2. The average molecular weight is 595 g/mol. The van der Waals surface area contributed by atoms with Gasteiger partial charge in [-0.15, -0.1) is 0 Å². The molecule has 2 heterocycles. The van der Waals surface area contributed by atoms with Crippen LogP contribution in [0.15, 0.2) is 109 Å². The highest BCUT2D eigenvalue weighted by molar-refractivity contribution is 6.16. The van der Waals surface area contributed by atoms with Crippen molar-refractivity contribution in [2.75, 3.05) is 22.1 Å². The summed E-state index contributed by atoms with van der Waals surface area (Å²) in [5, 5.41) is 7.55. The van der Waals surface area contributed by atoms with E-state index in [1.165, 1.54) is 0 Å². The molecule has 0 aliphatic heterocycles. The van der Waals surface area contributed by atoms with Crippen molar-refractivity contribution in [2.45, 2.75) is 26.7 Å². The molecule has 0 spiro atoms. The minimum atomic E-state index is -1.54. The summed E-state index contributed by atoms with van der Waals surface area (Å²) in [6.07, 6.45) is 0.320. The van der Waals surface area contributed by atoms with E-state index in [9.17, 15) is 9.59 Å². The molecule has 2 aromatic heterocycles. The van der Waals surface area contributed by atoms with Crippen molar-refractivity contribution in [2.24, 2.45) is 5.41 Å². The highest BCUT2D eigenvalue weighted by Gasteiger charge is 2.46. The summed E-state index contributed by atoms with van der Waals surface area (Å²) in [5.74, 6) is -0.883. The Balaban J connectivity index is 1.44. The van der Waals surface area contributed by atoms with Crippen LogP contribution in [0.5, 0.6) is 0 Å². The predicted molar refractivity (Wildman–Crippen MR) is 182 cm³/mol. The summed E-state index contributed by atoms with van der Waals surface area (Å²) < 4.78 is 0. The fourth-order valence-corrected chi connectivity index (χ4v) is 5.81. The average Bonchev–Trinajstić information content (AvgIpc) is 3.02. The third kappa shape index (κ3) is 6.17. The lowest BCUT2D eigenvalue weighted by Crippen LogP contribution is -2.49. The normalized spacial score (nSPS) is 11.4. The summed E-state index contributed by atoms with van der Waals surface area (Å²) in [6, 6.07) is 33.5. The van der Waals surface area contributed by atoms with Crippen LogP contribution >= 0.6 is 0 Å². The number of amides is 2. The minimum Gasteiger partial charge on any atom is -0.398 e. The number of benzene rings is 4. The zero-order valence-electron chi connectivity index (χ0n) is 25.2. The molecule has 8 nitrogen and oxygen atoms in total. The van der Waals surface area contributed by atoms with Crippen molar-refractivity contribution < 1.29 is 9.59 Å². The minimum absolute atomic E-state index is 0.160. The highest BCUT2D eigenvalue weighted by atomic mass is 16.2. The van der Waals surface area contributed by atoms with Gasteiger partial charge < -0.3 is 22.1 Å². The number of fused-ring (bicyclic) bond motifs is 2. The van der Waals surface area contributed by atoms with Gasteiger partial charge in [0.05, 0.1) is 11.0 Å². The Morgan fingerprint density at radius 1 is 0.600 bits per heavy atom. The molecule has 0 saturated heterocycles. The summed E-state index contributed by atoms with van der Waals surface area (Å²) in [7, 11) is 0. The molecule has 2 amide bonds. The van der Waals surface area contributed by atoms with Crippen LogP contribution in [0, 0.1) is 19.3 Å². The first kappa shape index (κ1) is 29.3. The van der Waals surface area contributed by atoms with Crippen molar-refractivity contribution in [1.29, 1.82) is 0 Å². The molecular formula is C37H34N6O2. The van der Waals surface area contributed by atoms with Crippen molar-refractivity contribution >= 4 is 56.4 Å². The van der Waals surface area contributed by atoms with Gasteiger partial charge in [-0.25, -0.2) is 0 Å². The van der Waals surface area contributed by atoms with E-state index in [-0.39, 0.29) is 12.8 Å². The van der Waals surface area contributed by atoms with Gasteiger partial charge >= 0.3 is 0 Å². The molecule has 6 aromatic rings. The number of hydrogen-bond acceptors (Lipinski definition) is 6. The summed E-state index contributed by atoms with van der Waals surface area (Å²) in [4.78, 5) is 38.3. The fraction of sp³-hybridized carbons (Fsp3) is 0.135. The molecule has 224 valence electrons. The monoisotopic (exact) mass is 594 g/mol. The Bertz CT molecular complexity index is 1900. The molecule has 0 radical (unpaired) electrons. The number of anilines is 4. The number of rotatable bonds is 8. The van der Waals surface area contributed by atoms with E-state index in [0.717, 1.165) is 44.3 Å². The second-order valence-electron chi connectivity index (χ2n) is 11.5. The number of nitrogens with two attached hydrogens (primary N) is 2. The van der Waals surface area contributed by atoms with E-state index in [2.05, 4.69) is 20.6 Å². The van der Waals surface area contributed by atoms with Gasteiger partial charge in [-0.3, -0.25) is 19.6 Å². The number of hydrogen-bond donors (Lipinski definition) is 4. The Hall–Kier alpha value is -5.76.